The molecule has 0 N–H and O–H groups in total. The predicted molar refractivity (Wildman–Crippen MR) is 86.4 cm³/mol. The van der Waals surface area contributed by atoms with Crippen molar-refractivity contribution in [3.63, 3.8) is 0 Å². The zero-order valence-electron chi connectivity index (χ0n) is 11.3. The van der Waals surface area contributed by atoms with E-state index >= 15 is 0 Å². The Morgan fingerprint density at radius 2 is 2.00 bits per heavy atom. The molecule has 2 aromatic rings. The molecule has 7 heteroatoms. The summed E-state index contributed by atoms with van der Waals surface area (Å²) in [5, 5.41) is 15.1. The molecule has 1 fully saturated rings. The van der Waals surface area contributed by atoms with Crippen LogP contribution in [-0.2, 0) is 0 Å². The lowest BCUT2D eigenvalue weighted by atomic mass is 10.1. The van der Waals surface area contributed by atoms with Gasteiger partial charge >= 0.3 is 0 Å². The van der Waals surface area contributed by atoms with Crippen molar-refractivity contribution in [1.82, 2.24) is 14.9 Å². The number of aromatic nitrogens is 3. The highest BCUT2D eigenvalue weighted by molar-refractivity contribution is 7.99. The quantitative estimate of drug-likeness (QED) is 0.816. The minimum atomic E-state index is 0.268. The normalized spacial score (nSPS) is 19.1. The van der Waals surface area contributed by atoms with E-state index < -0.39 is 0 Å². The molecule has 1 aromatic carbocycles. The summed E-state index contributed by atoms with van der Waals surface area (Å²) >= 11 is 13.8. The monoisotopic (exact) mass is 338 g/mol. The van der Waals surface area contributed by atoms with Crippen LogP contribution in [0.1, 0.15) is 19.8 Å². The van der Waals surface area contributed by atoms with E-state index in [1.165, 1.54) is 18.6 Å². The van der Waals surface area contributed by atoms with Gasteiger partial charge in [-0.25, -0.2) is 0 Å². The molecule has 0 spiro atoms. The Morgan fingerprint density at radius 3 is 2.71 bits per heavy atom. The lowest BCUT2D eigenvalue weighted by molar-refractivity contribution is 0.715. The molecule has 1 saturated carbocycles. The van der Waals surface area contributed by atoms with E-state index in [0.717, 1.165) is 16.5 Å². The summed E-state index contributed by atoms with van der Waals surface area (Å²) in [5.74, 6) is 1.60. The minimum Gasteiger partial charge on any atom is -0.187 e. The number of hydrogen-bond acceptors (Lipinski definition) is 4. The van der Waals surface area contributed by atoms with Crippen molar-refractivity contribution >= 4 is 40.7 Å². The number of thioether (sulfide) groups is 1. The molecular weight excluding hydrogens is 327 g/mol. The van der Waals surface area contributed by atoms with Crippen LogP contribution in [-0.4, -0.2) is 26.3 Å². The minimum absolute atomic E-state index is 0.268. The van der Waals surface area contributed by atoms with Crippen LogP contribution in [0.2, 0.25) is 10.0 Å². The Morgan fingerprint density at radius 1 is 1.19 bits per heavy atom. The number of halogens is 2. The van der Waals surface area contributed by atoms with Crippen molar-refractivity contribution in [2.45, 2.75) is 24.9 Å². The highest BCUT2D eigenvalue weighted by Crippen LogP contribution is 2.48. The topological polar surface area (TPSA) is 43.1 Å². The first-order valence-corrected chi connectivity index (χ1v) is 8.43. The van der Waals surface area contributed by atoms with Crippen molar-refractivity contribution < 1.29 is 0 Å². The Bertz CT molecular complexity index is 764. The third-order valence-electron chi connectivity index (χ3n) is 4.05. The molecule has 4 rings (SSSR count). The highest BCUT2D eigenvalue weighted by atomic mass is 35.5. The summed E-state index contributed by atoms with van der Waals surface area (Å²) in [4.78, 5) is 0. The number of hydrogen-bond donors (Lipinski definition) is 0. The molecule has 1 aliphatic heterocycles. The Labute approximate surface area is 136 Å². The number of fused-ring (bicyclic) bond motifs is 1. The van der Waals surface area contributed by atoms with Crippen molar-refractivity contribution in [2.75, 3.05) is 5.75 Å². The number of rotatable bonds is 2. The van der Waals surface area contributed by atoms with E-state index in [2.05, 4.69) is 17.1 Å². The fourth-order valence-corrected chi connectivity index (χ4v) is 3.63. The molecule has 21 heavy (non-hydrogen) atoms. The van der Waals surface area contributed by atoms with Crippen LogP contribution in [0.25, 0.3) is 11.4 Å². The van der Waals surface area contributed by atoms with E-state index in [0.29, 0.717) is 15.9 Å². The number of benzene rings is 1. The van der Waals surface area contributed by atoms with Crippen LogP contribution in [0.15, 0.2) is 28.5 Å². The molecule has 108 valence electrons. The average Bonchev–Trinajstić information content (AvgIpc) is 3.09. The first kappa shape index (κ1) is 13.6. The van der Waals surface area contributed by atoms with Gasteiger partial charge in [0, 0.05) is 16.7 Å². The lowest BCUT2D eigenvalue weighted by Gasteiger charge is -2.17. The maximum absolute atomic E-state index is 6.09. The van der Waals surface area contributed by atoms with Gasteiger partial charge < -0.3 is 0 Å². The molecule has 1 aromatic heterocycles. The molecular formula is C14H12Cl2N4S. The number of nitrogens with zero attached hydrogens (tertiary/aromatic N) is 4. The second-order valence-electron chi connectivity index (χ2n) is 5.64. The zero-order valence-corrected chi connectivity index (χ0v) is 13.6. The lowest BCUT2D eigenvalue weighted by Crippen LogP contribution is -2.20. The van der Waals surface area contributed by atoms with Crippen molar-refractivity contribution in [3.05, 3.63) is 28.2 Å². The Kier molecular flexibility index (Phi) is 3.07. The van der Waals surface area contributed by atoms with Gasteiger partial charge in [0.05, 0.1) is 15.8 Å². The summed E-state index contributed by atoms with van der Waals surface area (Å²) in [6, 6.07) is 5.46. The van der Waals surface area contributed by atoms with Gasteiger partial charge in [-0.05, 0) is 31.0 Å². The third-order valence-corrected chi connectivity index (χ3v) is 5.71. The van der Waals surface area contributed by atoms with Gasteiger partial charge in [0.1, 0.15) is 0 Å². The van der Waals surface area contributed by atoms with Crippen LogP contribution in [0.4, 0.5) is 0 Å². The van der Waals surface area contributed by atoms with E-state index in [4.69, 9.17) is 28.3 Å². The fraction of sp³-hybridized carbons (Fsp3) is 0.357. The van der Waals surface area contributed by atoms with Gasteiger partial charge in [-0.2, -0.15) is 9.78 Å². The van der Waals surface area contributed by atoms with Crippen LogP contribution in [0.5, 0.6) is 0 Å². The molecule has 0 atom stereocenters. The van der Waals surface area contributed by atoms with Crippen molar-refractivity contribution in [3.8, 4) is 11.4 Å². The largest absolute Gasteiger partial charge is 0.212 e. The van der Waals surface area contributed by atoms with Crippen molar-refractivity contribution in [1.29, 1.82) is 0 Å². The summed E-state index contributed by atoms with van der Waals surface area (Å²) in [6.07, 6.45) is 2.43. The second kappa shape index (κ2) is 4.73. The average molecular weight is 339 g/mol. The predicted octanol–water partition coefficient (Wildman–Crippen LogP) is 4.36. The molecule has 0 bridgehead atoms. The standard InChI is InChI=1S/C14H12Cl2N4S/c1-14(4-5-14)11-7-21-13-18-17-12(20(13)19-11)8-2-3-9(15)10(16)6-8/h2-3,6H,4-5,7H2,1H3. The van der Waals surface area contributed by atoms with E-state index in [1.807, 2.05) is 10.7 Å². The van der Waals surface area contributed by atoms with Gasteiger partial charge in [0.15, 0.2) is 5.82 Å². The van der Waals surface area contributed by atoms with Gasteiger partial charge in [0.25, 0.3) is 0 Å². The molecule has 0 amide bonds. The molecule has 0 radical (unpaired) electrons. The SMILES string of the molecule is CC1(C2=Nn3c(nnc3-c3ccc(Cl)c(Cl)c3)SC2)CC1. The highest BCUT2D eigenvalue weighted by Gasteiger charge is 2.43. The summed E-state index contributed by atoms with van der Waals surface area (Å²) in [7, 11) is 0. The van der Waals surface area contributed by atoms with Gasteiger partial charge in [0.2, 0.25) is 5.16 Å². The Hall–Kier alpha value is -1.04. The van der Waals surface area contributed by atoms with E-state index in [9.17, 15) is 0 Å². The van der Waals surface area contributed by atoms with E-state index in [1.54, 1.807) is 23.9 Å². The van der Waals surface area contributed by atoms with E-state index in [-0.39, 0.29) is 5.41 Å². The molecule has 0 saturated heterocycles. The second-order valence-corrected chi connectivity index (χ2v) is 7.40. The Balaban J connectivity index is 1.81. The van der Waals surface area contributed by atoms with Gasteiger partial charge in [-0.3, -0.25) is 0 Å². The van der Waals surface area contributed by atoms with Crippen LogP contribution in [0, 0.1) is 5.41 Å². The third kappa shape index (κ3) is 2.28. The van der Waals surface area contributed by atoms with Gasteiger partial charge in [-0.15, -0.1) is 10.2 Å². The van der Waals surface area contributed by atoms with Crippen LogP contribution >= 0.6 is 35.0 Å². The first-order chi connectivity index (χ1) is 10.1. The molecule has 2 heterocycles. The van der Waals surface area contributed by atoms with Crippen LogP contribution in [0.3, 0.4) is 0 Å². The zero-order chi connectivity index (χ0) is 14.6. The summed E-state index contributed by atoms with van der Waals surface area (Å²) < 4.78 is 1.83. The van der Waals surface area contributed by atoms with Crippen molar-refractivity contribution in [2.24, 2.45) is 10.5 Å². The summed E-state index contributed by atoms with van der Waals surface area (Å²) in [5.41, 5.74) is 2.36. The maximum Gasteiger partial charge on any atom is 0.212 e. The maximum atomic E-state index is 6.09. The molecule has 2 aliphatic rings. The smallest absolute Gasteiger partial charge is 0.187 e. The summed E-state index contributed by atoms with van der Waals surface area (Å²) in [6.45, 7) is 2.26. The van der Waals surface area contributed by atoms with Crippen LogP contribution < -0.4 is 0 Å². The van der Waals surface area contributed by atoms with Gasteiger partial charge in [-0.1, -0.05) is 41.9 Å². The molecule has 4 nitrogen and oxygen atoms in total. The molecule has 0 unspecified atom stereocenters. The molecule has 1 aliphatic carbocycles. The first-order valence-electron chi connectivity index (χ1n) is 6.69. The fourth-order valence-electron chi connectivity index (χ4n) is 2.31.